The van der Waals surface area contributed by atoms with Crippen molar-refractivity contribution in [2.45, 2.75) is 26.8 Å². The molecule has 0 aromatic heterocycles. The second kappa shape index (κ2) is 6.06. The lowest BCUT2D eigenvalue weighted by Crippen LogP contribution is -2.03. The van der Waals surface area contributed by atoms with E-state index in [-0.39, 0.29) is 0 Å². The smallest absolute Gasteiger partial charge is 0.0991 e. The summed E-state index contributed by atoms with van der Waals surface area (Å²) in [5.41, 5.74) is 5.61. The van der Waals surface area contributed by atoms with Crippen molar-refractivity contribution in [2.75, 3.05) is 5.32 Å². The first-order valence-electron chi connectivity index (χ1n) is 6.56. The fourth-order valence-electron chi connectivity index (χ4n) is 2.16. The van der Waals surface area contributed by atoms with Gasteiger partial charge in [0.2, 0.25) is 0 Å². The maximum Gasteiger partial charge on any atom is 0.0991 e. The van der Waals surface area contributed by atoms with Gasteiger partial charge in [0.15, 0.2) is 0 Å². The molecule has 1 N–H and O–H groups in total. The quantitative estimate of drug-likeness (QED) is 0.888. The van der Waals surface area contributed by atoms with Crippen LogP contribution in [-0.4, -0.2) is 0 Å². The van der Waals surface area contributed by atoms with Gasteiger partial charge in [-0.3, -0.25) is 0 Å². The molecule has 2 rings (SSSR count). The summed E-state index contributed by atoms with van der Waals surface area (Å²) in [6.45, 7) is 4.99. The number of aryl methyl sites for hydroxylation is 2. The van der Waals surface area contributed by atoms with Crippen LogP contribution < -0.4 is 5.32 Å². The third kappa shape index (κ3) is 3.14. The Bertz CT molecular complexity index is 609. The van der Waals surface area contributed by atoms with E-state index >= 15 is 0 Å². The van der Waals surface area contributed by atoms with Gasteiger partial charge in [-0.25, -0.2) is 0 Å². The Morgan fingerprint density at radius 3 is 2.58 bits per heavy atom. The maximum atomic E-state index is 8.86. The molecule has 0 bridgehead atoms. The molecule has 0 amide bonds. The van der Waals surface area contributed by atoms with Gasteiger partial charge < -0.3 is 5.32 Å². The average Bonchev–Trinajstić information content (AvgIpc) is 2.46. The molecular formula is C17H18N2. The minimum absolute atomic E-state index is 0.718. The predicted octanol–water partition coefficient (Wildman–Crippen LogP) is 4.04. The van der Waals surface area contributed by atoms with Gasteiger partial charge in [-0.05, 0) is 48.2 Å². The Balaban J connectivity index is 2.13. The van der Waals surface area contributed by atoms with Crippen LogP contribution in [0.4, 0.5) is 5.69 Å². The molecule has 0 spiro atoms. The number of para-hydroxylation sites is 1. The third-order valence-electron chi connectivity index (χ3n) is 3.34. The predicted molar refractivity (Wildman–Crippen MR) is 79.0 cm³/mol. The molecule has 0 aliphatic carbocycles. The molecular weight excluding hydrogens is 232 g/mol. The summed E-state index contributed by atoms with van der Waals surface area (Å²) in [4.78, 5) is 0. The minimum atomic E-state index is 0.718. The van der Waals surface area contributed by atoms with Gasteiger partial charge in [-0.15, -0.1) is 0 Å². The number of benzene rings is 2. The lowest BCUT2D eigenvalue weighted by molar-refractivity contribution is 1.08. The highest BCUT2D eigenvalue weighted by atomic mass is 14.9. The first-order chi connectivity index (χ1) is 9.24. The normalized spacial score (nSPS) is 9.95. The topological polar surface area (TPSA) is 35.8 Å². The maximum absolute atomic E-state index is 8.86. The van der Waals surface area contributed by atoms with Gasteiger partial charge in [-0.1, -0.05) is 31.2 Å². The van der Waals surface area contributed by atoms with Crippen LogP contribution in [0.1, 0.15) is 29.2 Å². The summed E-state index contributed by atoms with van der Waals surface area (Å²) in [5, 5.41) is 12.3. The number of nitrogens with one attached hydrogen (secondary N) is 1. The molecule has 0 radical (unpaired) electrons. The number of rotatable bonds is 4. The summed E-state index contributed by atoms with van der Waals surface area (Å²) in [6, 6.07) is 16.4. The zero-order valence-corrected chi connectivity index (χ0v) is 11.4. The first kappa shape index (κ1) is 13.2. The van der Waals surface area contributed by atoms with Crippen LogP contribution in [-0.2, 0) is 13.0 Å². The molecule has 0 unspecified atom stereocenters. The van der Waals surface area contributed by atoms with E-state index in [1.807, 2.05) is 31.2 Å². The van der Waals surface area contributed by atoms with Crippen molar-refractivity contribution in [3.8, 4) is 6.07 Å². The van der Waals surface area contributed by atoms with Crippen LogP contribution >= 0.6 is 0 Å². The summed E-state index contributed by atoms with van der Waals surface area (Å²) in [7, 11) is 0. The lowest BCUT2D eigenvalue weighted by atomic mass is 10.0. The SMILES string of the molecule is CCc1ccccc1NCc1ccc(C#N)cc1C. The van der Waals surface area contributed by atoms with Crippen LogP contribution in [0.2, 0.25) is 0 Å². The molecule has 96 valence electrons. The first-order valence-corrected chi connectivity index (χ1v) is 6.56. The van der Waals surface area contributed by atoms with E-state index in [4.69, 9.17) is 5.26 Å². The summed E-state index contributed by atoms with van der Waals surface area (Å²) in [6.07, 6.45) is 1.02. The van der Waals surface area contributed by atoms with E-state index in [0.717, 1.165) is 24.1 Å². The Kier molecular flexibility index (Phi) is 4.20. The van der Waals surface area contributed by atoms with Gasteiger partial charge in [0, 0.05) is 12.2 Å². The molecule has 2 aromatic rings. The van der Waals surface area contributed by atoms with E-state index < -0.39 is 0 Å². The molecule has 2 aromatic carbocycles. The zero-order valence-electron chi connectivity index (χ0n) is 11.4. The largest absolute Gasteiger partial charge is 0.381 e. The van der Waals surface area contributed by atoms with Crippen LogP contribution in [0, 0.1) is 18.3 Å². The average molecular weight is 250 g/mol. The van der Waals surface area contributed by atoms with Gasteiger partial charge in [-0.2, -0.15) is 5.26 Å². The summed E-state index contributed by atoms with van der Waals surface area (Å²) < 4.78 is 0. The fraction of sp³-hybridized carbons (Fsp3) is 0.235. The highest BCUT2D eigenvalue weighted by Gasteiger charge is 2.02. The molecule has 0 heterocycles. The van der Waals surface area contributed by atoms with Gasteiger partial charge in [0.05, 0.1) is 11.6 Å². The van der Waals surface area contributed by atoms with Gasteiger partial charge >= 0.3 is 0 Å². The van der Waals surface area contributed by atoms with Crippen LogP contribution in [0.25, 0.3) is 0 Å². The van der Waals surface area contributed by atoms with E-state index in [1.165, 1.54) is 16.8 Å². The molecule has 0 atom stereocenters. The number of nitriles is 1. The van der Waals surface area contributed by atoms with E-state index in [9.17, 15) is 0 Å². The molecule has 2 heteroatoms. The third-order valence-corrected chi connectivity index (χ3v) is 3.34. The number of hydrogen-bond donors (Lipinski definition) is 1. The monoisotopic (exact) mass is 250 g/mol. The van der Waals surface area contributed by atoms with Crippen LogP contribution in [0.15, 0.2) is 42.5 Å². The van der Waals surface area contributed by atoms with Crippen molar-refractivity contribution in [1.82, 2.24) is 0 Å². The lowest BCUT2D eigenvalue weighted by Gasteiger charge is -2.12. The Labute approximate surface area is 114 Å². The molecule has 19 heavy (non-hydrogen) atoms. The second-order valence-electron chi connectivity index (χ2n) is 4.62. The highest BCUT2D eigenvalue weighted by molar-refractivity contribution is 5.52. The van der Waals surface area contributed by atoms with Crippen molar-refractivity contribution in [1.29, 1.82) is 5.26 Å². The van der Waals surface area contributed by atoms with Gasteiger partial charge in [0.1, 0.15) is 0 Å². The highest BCUT2D eigenvalue weighted by Crippen LogP contribution is 2.18. The second-order valence-corrected chi connectivity index (χ2v) is 4.62. The minimum Gasteiger partial charge on any atom is -0.381 e. The van der Waals surface area contributed by atoms with Crippen molar-refractivity contribution in [3.05, 3.63) is 64.7 Å². The van der Waals surface area contributed by atoms with Crippen molar-refractivity contribution >= 4 is 5.69 Å². The summed E-state index contributed by atoms with van der Waals surface area (Å²) in [5.74, 6) is 0. The van der Waals surface area contributed by atoms with Crippen molar-refractivity contribution in [2.24, 2.45) is 0 Å². The Morgan fingerprint density at radius 2 is 1.89 bits per heavy atom. The number of hydrogen-bond acceptors (Lipinski definition) is 2. The molecule has 2 nitrogen and oxygen atoms in total. The standard InChI is InChI=1S/C17H18N2/c1-3-15-6-4-5-7-17(15)19-12-16-9-8-14(11-18)10-13(16)2/h4-10,19H,3,12H2,1-2H3. The fourth-order valence-corrected chi connectivity index (χ4v) is 2.16. The molecule has 0 saturated heterocycles. The Morgan fingerprint density at radius 1 is 1.11 bits per heavy atom. The van der Waals surface area contributed by atoms with Gasteiger partial charge in [0.25, 0.3) is 0 Å². The molecule has 0 fully saturated rings. The van der Waals surface area contributed by atoms with E-state index in [1.54, 1.807) is 0 Å². The number of anilines is 1. The molecule has 0 aliphatic rings. The summed E-state index contributed by atoms with van der Waals surface area (Å²) >= 11 is 0. The van der Waals surface area contributed by atoms with E-state index in [0.29, 0.717) is 0 Å². The van der Waals surface area contributed by atoms with Crippen LogP contribution in [0.3, 0.4) is 0 Å². The number of nitrogens with zero attached hydrogens (tertiary/aromatic N) is 1. The Hall–Kier alpha value is -2.27. The molecule has 0 aliphatic heterocycles. The van der Waals surface area contributed by atoms with E-state index in [2.05, 4.69) is 36.5 Å². The van der Waals surface area contributed by atoms with Crippen molar-refractivity contribution in [3.63, 3.8) is 0 Å². The molecule has 0 saturated carbocycles. The zero-order chi connectivity index (χ0) is 13.7. The van der Waals surface area contributed by atoms with Crippen LogP contribution in [0.5, 0.6) is 0 Å². The van der Waals surface area contributed by atoms with Crippen molar-refractivity contribution < 1.29 is 0 Å².